The monoisotopic (exact) mass is 458 g/mol. The van der Waals surface area contributed by atoms with Gasteiger partial charge in [0.05, 0.1) is 30.2 Å². The third-order valence-electron chi connectivity index (χ3n) is 7.02. The van der Waals surface area contributed by atoms with Gasteiger partial charge in [0.1, 0.15) is 11.9 Å². The summed E-state index contributed by atoms with van der Waals surface area (Å²) in [5, 5.41) is 8.40. The molecule has 176 valence electrons. The van der Waals surface area contributed by atoms with Crippen molar-refractivity contribution in [2.75, 3.05) is 6.54 Å². The first-order chi connectivity index (χ1) is 16.6. The molecule has 2 aromatic carbocycles. The van der Waals surface area contributed by atoms with Crippen molar-refractivity contribution in [1.29, 1.82) is 0 Å². The molecule has 1 aliphatic carbocycles. The highest BCUT2D eigenvalue weighted by Crippen LogP contribution is 2.30. The third-order valence-corrected chi connectivity index (χ3v) is 7.02. The number of benzene rings is 2. The molecule has 1 saturated heterocycles. The van der Waals surface area contributed by atoms with E-state index in [0.717, 1.165) is 44.1 Å². The quantitative estimate of drug-likeness (QED) is 0.500. The smallest absolute Gasteiger partial charge is 0.256 e. The Morgan fingerprint density at radius 1 is 0.941 bits per heavy atom. The molecule has 0 radical (unpaired) electrons. The predicted octanol–water partition coefficient (Wildman–Crippen LogP) is 4.71. The molecule has 2 atom stereocenters. The number of nitrogens with zero attached hydrogens (tertiary/aromatic N) is 4. The van der Waals surface area contributed by atoms with Gasteiger partial charge in [0.2, 0.25) is 0 Å². The van der Waals surface area contributed by atoms with Crippen molar-refractivity contribution < 1.29 is 14.3 Å². The first kappa shape index (κ1) is 22.3. The average molecular weight is 459 g/mol. The van der Waals surface area contributed by atoms with Gasteiger partial charge < -0.3 is 9.64 Å². The zero-order chi connectivity index (χ0) is 23.5. The van der Waals surface area contributed by atoms with Crippen LogP contribution in [0.15, 0.2) is 60.9 Å². The number of para-hydroxylation sites is 1. The van der Waals surface area contributed by atoms with Gasteiger partial charge in [-0.25, -0.2) is 0 Å². The molecular formula is C27H30N4O3. The number of ether oxygens (including phenoxy) is 1. The Balaban J connectivity index is 1.31. The first-order valence-electron chi connectivity index (χ1n) is 12.2. The van der Waals surface area contributed by atoms with Gasteiger partial charge in [0.25, 0.3) is 5.91 Å². The Morgan fingerprint density at radius 3 is 2.50 bits per heavy atom. The van der Waals surface area contributed by atoms with E-state index in [1.165, 1.54) is 4.80 Å². The molecule has 1 amide bonds. The lowest BCUT2D eigenvalue weighted by molar-refractivity contribution is 0.0384. The molecule has 1 aromatic heterocycles. The lowest BCUT2D eigenvalue weighted by atomic mass is 9.96. The third kappa shape index (κ3) is 4.60. The number of amides is 1. The number of carbonyl (C=O) groups excluding carboxylic acids is 2. The predicted molar refractivity (Wildman–Crippen MR) is 128 cm³/mol. The highest BCUT2D eigenvalue weighted by Gasteiger charge is 2.32. The molecule has 5 rings (SSSR count). The van der Waals surface area contributed by atoms with E-state index in [4.69, 9.17) is 4.74 Å². The molecule has 0 spiro atoms. The van der Waals surface area contributed by atoms with Gasteiger partial charge in [-0.2, -0.15) is 15.0 Å². The average Bonchev–Trinajstić information content (AvgIpc) is 3.59. The number of Topliss-reactive ketones (excluding diaryl/α,β-unsaturated/α-hetero) is 1. The van der Waals surface area contributed by atoms with Crippen LogP contribution in [0.3, 0.4) is 0 Å². The zero-order valence-corrected chi connectivity index (χ0v) is 19.5. The number of hydrogen-bond acceptors (Lipinski definition) is 5. The summed E-state index contributed by atoms with van der Waals surface area (Å²) in [6, 6.07) is 15.0. The molecule has 2 heterocycles. The van der Waals surface area contributed by atoms with Crippen LogP contribution in [-0.2, 0) is 0 Å². The molecule has 2 fully saturated rings. The van der Waals surface area contributed by atoms with Crippen molar-refractivity contribution in [3.63, 3.8) is 0 Å². The maximum atomic E-state index is 13.6. The minimum absolute atomic E-state index is 0.0566. The molecule has 2 aliphatic rings. The van der Waals surface area contributed by atoms with Crippen molar-refractivity contribution in [2.45, 2.75) is 57.6 Å². The standard InChI is InChI=1S/C27H30N4O3/c1-19-13-14-23(34-22-10-6-9-21(17-22)26(32)20-7-2-3-8-20)18-30(19)27(33)24-11-4-5-12-25(24)31-28-15-16-29-31/h4-6,9-12,15-17,19-20,23H,2-3,7-8,13-14,18H2,1H3/t19-,23-/m1/s1. The lowest BCUT2D eigenvalue weighted by Gasteiger charge is -2.38. The number of hydrogen-bond donors (Lipinski definition) is 0. The van der Waals surface area contributed by atoms with Crippen molar-refractivity contribution >= 4 is 11.7 Å². The van der Waals surface area contributed by atoms with Gasteiger partial charge in [0, 0.05) is 17.5 Å². The minimum Gasteiger partial charge on any atom is -0.489 e. The normalized spacial score (nSPS) is 20.9. The summed E-state index contributed by atoms with van der Waals surface area (Å²) in [5.41, 5.74) is 1.95. The Bertz CT molecular complexity index is 1150. The molecule has 34 heavy (non-hydrogen) atoms. The molecule has 7 nitrogen and oxygen atoms in total. The van der Waals surface area contributed by atoms with Gasteiger partial charge in [-0.15, -0.1) is 0 Å². The largest absolute Gasteiger partial charge is 0.489 e. The first-order valence-corrected chi connectivity index (χ1v) is 12.2. The van der Waals surface area contributed by atoms with Crippen LogP contribution in [0, 0.1) is 5.92 Å². The fourth-order valence-electron chi connectivity index (χ4n) is 5.12. The molecule has 3 aromatic rings. The summed E-state index contributed by atoms with van der Waals surface area (Å²) in [6.07, 6.45) is 9.00. The maximum Gasteiger partial charge on any atom is 0.256 e. The van der Waals surface area contributed by atoms with E-state index < -0.39 is 0 Å². The highest BCUT2D eigenvalue weighted by molar-refractivity contribution is 5.98. The van der Waals surface area contributed by atoms with Crippen LogP contribution < -0.4 is 4.74 Å². The number of likely N-dealkylation sites (tertiary alicyclic amines) is 1. The number of rotatable bonds is 6. The summed E-state index contributed by atoms with van der Waals surface area (Å²) in [5.74, 6) is 1.000. The summed E-state index contributed by atoms with van der Waals surface area (Å²) < 4.78 is 6.30. The van der Waals surface area contributed by atoms with Gasteiger partial charge in [-0.1, -0.05) is 37.1 Å². The topological polar surface area (TPSA) is 77.3 Å². The second-order valence-corrected chi connectivity index (χ2v) is 9.33. The van der Waals surface area contributed by atoms with Crippen LogP contribution in [-0.4, -0.2) is 50.3 Å². The molecule has 0 unspecified atom stereocenters. The maximum absolute atomic E-state index is 13.6. The molecule has 1 saturated carbocycles. The fraction of sp³-hybridized carbons (Fsp3) is 0.407. The van der Waals surface area contributed by atoms with Crippen molar-refractivity contribution in [1.82, 2.24) is 19.9 Å². The van der Waals surface area contributed by atoms with E-state index >= 15 is 0 Å². The second-order valence-electron chi connectivity index (χ2n) is 9.33. The minimum atomic E-state index is -0.132. The Kier molecular flexibility index (Phi) is 6.43. The van der Waals surface area contributed by atoms with Crippen LogP contribution in [0.5, 0.6) is 5.75 Å². The number of piperidine rings is 1. The van der Waals surface area contributed by atoms with Crippen molar-refractivity contribution in [3.8, 4) is 11.4 Å². The van der Waals surface area contributed by atoms with Crippen molar-refractivity contribution in [2.24, 2.45) is 5.92 Å². The van der Waals surface area contributed by atoms with Crippen LogP contribution >= 0.6 is 0 Å². The lowest BCUT2D eigenvalue weighted by Crippen LogP contribution is -2.49. The van der Waals surface area contributed by atoms with E-state index in [9.17, 15) is 9.59 Å². The summed E-state index contributed by atoms with van der Waals surface area (Å²) in [7, 11) is 0. The van der Waals surface area contributed by atoms with Crippen LogP contribution in [0.2, 0.25) is 0 Å². The molecule has 0 bridgehead atoms. The summed E-state index contributed by atoms with van der Waals surface area (Å²) in [4.78, 5) is 29.8. The van der Waals surface area contributed by atoms with E-state index in [1.807, 2.05) is 53.4 Å². The van der Waals surface area contributed by atoms with Gasteiger partial charge in [-0.05, 0) is 56.9 Å². The Hall–Kier alpha value is -3.48. The van der Waals surface area contributed by atoms with E-state index in [-0.39, 0.29) is 29.8 Å². The number of carbonyl (C=O) groups is 2. The van der Waals surface area contributed by atoms with Crippen LogP contribution in [0.25, 0.3) is 5.69 Å². The molecule has 1 aliphatic heterocycles. The van der Waals surface area contributed by atoms with Gasteiger partial charge in [-0.3, -0.25) is 9.59 Å². The number of aromatic nitrogens is 3. The molecule has 0 N–H and O–H groups in total. The Morgan fingerprint density at radius 2 is 1.71 bits per heavy atom. The van der Waals surface area contributed by atoms with E-state index in [0.29, 0.717) is 23.5 Å². The molecular weight excluding hydrogens is 428 g/mol. The highest BCUT2D eigenvalue weighted by atomic mass is 16.5. The van der Waals surface area contributed by atoms with Crippen LogP contribution in [0.4, 0.5) is 0 Å². The van der Waals surface area contributed by atoms with Crippen molar-refractivity contribution in [3.05, 3.63) is 72.1 Å². The zero-order valence-electron chi connectivity index (χ0n) is 19.5. The van der Waals surface area contributed by atoms with Crippen LogP contribution in [0.1, 0.15) is 66.2 Å². The van der Waals surface area contributed by atoms with Gasteiger partial charge in [0.15, 0.2) is 5.78 Å². The van der Waals surface area contributed by atoms with E-state index in [1.54, 1.807) is 12.4 Å². The molecule has 7 heteroatoms. The second kappa shape index (κ2) is 9.79. The van der Waals surface area contributed by atoms with Gasteiger partial charge >= 0.3 is 0 Å². The summed E-state index contributed by atoms with van der Waals surface area (Å²) >= 11 is 0. The summed E-state index contributed by atoms with van der Waals surface area (Å²) in [6.45, 7) is 2.56. The fourth-order valence-corrected chi connectivity index (χ4v) is 5.12. The number of ketones is 1. The Labute approximate surface area is 199 Å². The SMILES string of the molecule is C[C@@H]1CC[C@@H](Oc2cccc(C(=O)C3CCCC3)c2)CN1C(=O)c1ccccc1-n1nccn1. The van der Waals surface area contributed by atoms with E-state index in [2.05, 4.69) is 17.1 Å².